The summed E-state index contributed by atoms with van der Waals surface area (Å²) in [7, 11) is 0. The molecule has 0 amide bonds. The molecule has 3 heteroatoms. The molecule has 0 fully saturated rings. The van der Waals surface area contributed by atoms with E-state index in [1.807, 2.05) is 0 Å². The normalized spacial score (nSPS) is 24.0. The second kappa shape index (κ2) is 1.84. The van der Waals surface area contributed by atoms with E-state index in [0.717, 1.165) is 19.5 Å². The van der Waals surface area contributed by atoms with Crippen molar-refractivity contribution >= 4 is 6.34 Å². The van der Waals surface area contributed by atoms with Gasteiger partial charge in [-0.3, -0.25) is 0 Å². The maximum absolute atomic E-state index is 4.14. The Hall–Kier alpha value is -0.830. The molecular weight excluding hydrogens is 114 g/mol. The summed E-state index contributed by atoms with van der Waals surface area (Å²) in [4.78, 5) is 4.14. The Morgan fingerprint density at radius 2 is 2.56 bits per heavy atom. The number of nitrogens with one attached hydrogen (secondary N) is 2. The molecule has 0 unspecified atom stereocenters. The number of nitrogens with zero attached hydrogens (tertiary/aromatic N) is 1. The van der Waals surface area contributed by atoms with E-state index in [4.69, 9.17) is 0 Å². The predicted octanol–water partition coefficient (Wildman–Crippen LogP) is -0.841. The van der Waals surface area contributed by atoms with Gasteiger partial charge in [0.1, 0.15) is 0 Å². The van der Waals surface area contributed by atoms with Gasteiger partial charge in [0, 0.05) is 13.0 Å². The van der Waals surface area contributed by atoms with Crippen LogP contribution in [0.3, 0.4) is 0 Å². The molecule has 2 N–H and O–H groups in total. The van der Waals surface area contributed by atoms with Crippen molar-refractivity contribution in [2.24, 2.45) is 0 Å². The molecule has 3 nitrogen and oxygen atoms in total. The van der Waals surface area contributed by atoms with E-state index < -0.39 is 0 Å². The first-order valence-corrected chi connectivity index (χ1v) is 3.18. The summed E-state index contributed by atoms with van der Waals surface area (Å²) in [6.45, 7) is 2.01. The van der Waals surface area contributed by atoms with E-state index >= 15 is 0 Å². The quantitative estimate of drug-likeness (QED) is 0.440. The lowest BCUT2D eigenvalue weighted by Gasteiger charge is -2.06. The zero-order valence-electron chi connectivity index (χ0n) is 5.15. The summed E-state index contributed by atoms with van der Waals surface area (Å²) in [6.07, 6.45) is 2.85. The molecule has 0 atom stereocenters. The highest BCUT2D eigenvalue weighted by Gasteiger charge is 2.22. The molecule has 0 aromatic heterocycles. The van der Waals surface area contributed by atoms with Crippen molar-refractivity contribution in [2.45, 2.75) is 6.42 Å². The molecule has 0 aromatic carbocycles. The van der Waals surface area contributed by atoms with Gasteiger partial charge < -0.3 is 5.32 Å². The Bertz CT molecular complexity index is 181. The molecule has 1 radical (unpaired) electrons. The number of aliphatic imine (C=N–C) groups is 1. The highest BCUT2D eigenvalue weighted by Crippen LogP contribution is 2.07. The summed E-state index contributed by atoms with van der Waals surface area (Å²) < 4.78 is 0. The van der Waals surface area contributed by atoms with Crippen molar-refractivity contribution in [3.05, 3.63) is 11.4 Å². The van der Waals surface area contributed by atoms with Crippen molar-refractivity contribution in [1.82, 2.24) is 15.6 Å². The lowest BCUT2D eigenvalue weighted by atomic mass is 10.2. The molecule has 2 rings (SSSR count). The SMILES string of the molecule is C1=[N+]C2=C(CCNC2)N1. The summed E-state index contributed by atoms with van der Waals surface area (Å²) in [5.41, 5.74) is 2.48. The third kappa shape index (κ3) is 0.733. The minimum absolute atomic E-state index is 0.929. The fourth-order valence-electron chi connectivity index (χ4n) is 1.14. The number of hydrogen-bond donors (Lipinski definition) is 2. The predicted molar refractivity (Wildman–Crippen MR) is 35.8 cm³/mol. The summed E-state index contributed by atoms with van der Waals surface area (Å²) >= 11 is 0. The zero-order valence-corrected chi connectivity index (χ0v) is 5.15. The maximum Gasteiger partial charge on any atom is 0.284 e. The molecule has 0 saturated carbocycles. The largest absolute Gasteiger partial charge is 0.309 e. The van der Waals surface area contributed by atoms with Gasteiger partial charge >= 0.3 is 0 Å². The van der Waals surface area contributed by atoms with Gasteiger partial charge in [0.05, 0.1) is 6.54 Å². The number of hydrogen-bond acceptors (Lipinski definition) is 3. The number of rotatable bonds is 0. The van der Waals surface area contributed by atoms with Crippen molar-refractivity contribution < 1.29 is 0 Å². The lowest BCUT2D eigenvalue weighted by molar-refractivity contribution is 0.659. The first-order chi connectivity index (χ1) is 4.47. The molecule has 0 saturated heterocycles. The van der Waals surface area contributed by atoms with Crippen LogP contribution in [0.1, 0.15) is 6.42 Å². The fraction of sp³-hybridized carbons (Fsp3) is 0.500. The Morgan fingerprint density at radius 1 is 1.56 bits per heavy atom. The first-order valence-electron chi connectivity index (χ1n) is 3.18. The van der Waals surface area contributed by atoms with Crippen molar-refractivity contribution in [1.29, 1.82) is 0 Å². The van der Waals surface area contributed by atoms with Crippen molar-refractivity contribution in [2.75, 3.05) is 13.1 Å². The Morgan fingerprint density at radius 3 is 3.44 bits per heavy atom. The third-order valence-electron chi connectivity index (χ3n) is 1.65. The molecular formula is C6H9N3+. The average Bonchev–Trinajstić information content (AvgIpc) is 2.33. The van der Waals surface area contributed by atoms with Crippen molar-refractivity contribution in [3.8, 4) is 0 Å². The Kier molecular flexibility index (Phi) is 1.02. The lowest BCUT2D eigenvalue weighted by Crippen LogP contribution is -2.27. The summed E-state index contributed by atoms with van der Waals surface area (Å²) in [6, 6.07) is 0. The second-order valence-corrected chi connectivity index (χ2v) is 2.25. The van der Waals surface area contributed by atoms with Crippen LogP contribution in [0.25, 0.3) is 0 Å². The Labute approximate surface area is 53.9 Å². The van der Waals surface area contributed by atoms with E-state index in [2.05, 4.69) is 15.6 Å². The minimum atomic E-state index is 0.929. The zero-order chi connectivity index (χ0) is 6.10. The molecule has 47 valence electrons. The van der Waals surface area contributed by atoms with Crippen LogP contribution in [-0.4, -0.2) is 19.4 Å². The van der Waals surface area contributed by atoms with Crippen LogP contribution in [0.4, 0.5) is 0 Å². The van der Waals surface area contributed by atoms with E-state index in [-0.39, 0.29) is 0 Å². The molecule has 0 aliphatic carbocycles. The highest BCUT2D eigenvalue weighted by molar-refractivity contribution is 5.62. The summed E-state index contributed by atoms with van der Waals surface area (Å²) in [5, 5.41) is 6.35. The topological polar surface area (TPSA) is 38.2 Å². The molecule has 0 spiro atoms. The molecule has 2 aliphatic heterocycles. The molecule has 0 aromatic rings. The molecule has 2 aliphatic rings. The highest BCUT2D eigenvalue weighted by atomic mass is 15.1. The van der Waals surface area contributed by atoms with Crippen LogP contribution in [0.15, 0.2) is 11.4 Å². The fourth-order valence-corrected chi connectivity index (χ4v) is 1.14. The van der Waals surface area contributed by atoms with Gasteiger partial charge in [0.25, 0.3) is 6.34 Å². The molecule has 2 heterocycles. The van der Waals surface area contributed by atoms with Crippen LogP contribution < -0.4 is 15.6 Å². The van der Waals surface area contributed by atoms with Crippen LogP contribution in [0, 0.1) is 0 Å². The van der Waals surface area contributed by atoms with Gasteiger partial charge in [-0.1, -0.05) is 0 Å². The standard InChI is InChI=1S/C6H9N3/c1-2-7-3-6-5(1)8-4-9-6/h4,7-8H,1-3H2/q+1. The van der Waals surface area contributed by atoms with Gasteiger partial charge in [-0.15, -0.1) is 0 Å². The van der Waals surface area contributed by atoms with Crippen molar-refractivity contribution in [3.63, 3.8) is 0 Å². The Balaban J connectivity index is 2.24. The van der Waals surface area contributed by atoms with Gasteiger partial charge in [0.2, 0.25) is 5.70 Å². The monoisotopic (exact) mass is 123 g/mol. The van der Waals surface area contributed by atoms with E-state index in [0.29, 0.717) is 0 Å². The van der Waals surface area contributed by atoms with Crippen LogP contribution >= 0.6 is 0 Å². The van der Waals surface area contributed by atoms with Crippen LogP contribution in [0.5, 0.6) is 0 Å². The van der Waals surface area contributed by atoms with E-state index in [9.17, 15) is 0 Å². The molecule has 9 heavy (non-hydrogen) atoms. The maximum atomic E-state index is 4.14. The first kappa shape index (κ1) is 4.99. The average molecular weight is 123 g/mol. The third-order valence-corrected chi connectivity index (χ3v) is 1.65. The van der Waals surface area contributed by atoms with Crippen LogP contribution in [0.2, 0.25) is 0 Å². The van der Waals surface area contributed by atoms with Gasteiger partial charge in [-0.05, 0) is 4.99 Å². The molecule has 0 bridgehead atoms. The van der Waals surface area contributed by atoms with Gasteiger partial charge in [-0.25, -0.2) is 5.32 Å². The van der Waals surface area contributed by atoms with E-state index in [1.54, 1.807) is 6.34 Å². The summed E-state index contributed by atoms with van der Waals surface area (Å²) in [5.74, 6) is 0. The second-order valence-electron chi connectivity index (χ2n) is 2.25. The van der Waals surface area contributed by atoms with E-state index in [1.165, 1.54) is 11.4 Å². The van der Waals surface area contributed by atoms with Gasteiger partial charge in [0.15, 0.2) is 5.70 Å². The smallest absolute Gasteiger partial charge is 0.284 e. The van der Waals surface area contributed by atoms with Gasteiger partial charge in [-0.2, -0.15) is 0 Å². The van der Waals surface area contributed by atoms with Crippen LogP contribution in [-0.2, 0) is 0 Å². The minimum Gasteiger partial charge on any atom is -0.309 e.